The van der Waals surface area contributed by atoms with E-state index in [0.717, 1.165) is 5.69 Å². The number of morpholine rings is 1. The van der Waals surface area contributed by atoms with Gasteiger partial charge in [-0.05, 0) is 25.1 Å². The van der Waals surface area contributed by atoms with E-state index >= 15 is 0 Å². The maximum absolute atomic E-state index is 11.9. The molecule has 0 aliphatic carbocycles. The molecule has 0 radical (unpaired) electrons. The van der Waals surface area contributed by atoms with Crippen molar-refractivity contribution in [2.45, 2.75) is 19.1 Å². The molecule has 6 heteroatoms. The number of esters is 1. The first-order valence-electron chi connectivity index (χ1n) is 6.53. The molecule has 1 aromatic carbocycles. The van der Waals surface area contributed by atoms with Gasteiger partial charge in [-0.1, -0.05) is 0 Å². The number of hydrogen-bond acceptors (Lipinski definition) is 6. The van der Waals surface area contributed by atoms with E-state index in [1.54, 1.807) is 18.2 Å². The lowest BCUT2D eigenvalue weighted by Gasteiger charge is -2.39. The highest BCUT2D eigenvalue weighted by Gasteiger charge is 2.28. The van der Waals surface area contributed by atoms with Crippen LogP contribution in [0.25, 0.3) is 0 Å². The van der Waals surface area contributed by atoms with Crippen molar-refractivity contribution in [1.82, 2.24) is 0 Å². The Bertz CT molecular complexity index is 492. The van der Waals surface area contributed by atoms with Gasteiger partial charge in [0.25, 0.3) is 0 Å². The first-order chi connectivity index (χ1) is 9.56. The predicted molar refractivity (Wildman–Crippen MR) is 75.8 cm³/mol. The van der Waals surface area contributed by atoms with Crippen LogP contribution in [-0.2, 0) is 9.47 Å². The molecule has 110 valence electrons. The zero-order valence-corrected chi connectivity index (χ0v) is 11.7. The Hall–Kier alpha value is -1.79. The molecule has 1 aliphatic rings. The number of nitrogen functional groups attached to an aromatic ring is 1. The molecule has 0 saturated carbocycles. The van der Waals surface area contributed by atoms with Crippen LogP contribution in [0.5, 0.6) is 0 Å². The van der Waals surface area contributed by atoms with Crippen LogP contribution < -0.4 is 10.6 Å². The largest absolute Gasteiger partial charge is 0.465 e. The van der Waals surface area contributed by atoms with Gasteiger partial charge in [0.1, 0.15) is 0 Å². The molecule has 6 nitrogen and oxygen atoms in total. The van der Waals surface area contributed by atoms with Crippen molar-refractivity contribution in [1.29, 1.82) is 0 Å². The van der Waals surface area contributed by atoms with Crippen LogP contribution >= 0.6 is 0 Å². The van der Waals surface area contributed by atoms with E-state index in [2.05, 4.69) is 0 Å². The van der Waals surface area contributed by atoms with E-state index in [1.807, 2.05) is 11.8 Å². The second-order valence-corrected chi connectivity index (χ2v) is 4.91. The molecule has 1 heterocycles. The maximum Gasteiger partial charge on any atom is 0.340 e. The van der Waals surface area contributed by atoms with Crippen molar-refractivity contribution in [3.8, 4) is 0 Å². The Morgan fingerprint density at radius 3 is 3.00 bits per heavy atom. The zero-order chi connectivity index (χ0) is 14.7. The van der Waals surface area contributed by atoms with E-state index < -0.39 is 5.97 Å². The summed E-state index contributed by atoms with van der Waals surface area (Å²) >= 11 is 0. The van der Waals surface area contributed by atoms with Crippen molar-refractivity contribution in [2.24, 2.45) is 0 Å². The summed E-state index contributed by atoms with van der Waals surface area (Å²) < 4.78 is 10.3. The lowest BCUT2D eigenvalue weighted by atomic mass is 10.1. The normalized spacial score (nSPS) is 22.6. The highest BCUT2D eigenvalue weighted by atomic mass is 16.5. The molecule has 1 saturated heterocycles. The molecule has 2 unspecified atom stereocenters. The highest BCUT2D eigenvalue weighted by Crippen LogP contribution is 2.28. The fraction of sp³-hybridized carbons (Fsp3) is 0.500. The van der Waals surface area contributed by atoms with Crippen LogP contribution in [-0.4, -0.2) is 50.1 Å². The van der Waals surface area contributed by atoms with Crippen LogP contribution in [0.1, 0.15) is 17.3 Å². The quantitative estimate of drug-likeness (QED) is 0.624. The number of anilines is 2. The molecule has 1 aliphatic heterocycles. The number of rotatable bonds is 3. The molecule has 1 aromatic rings. The van der Waals surface area contributed by atoms with Gasteiger partial charge in [-0.15, -0.1) is 0 Å². The van der Waals surface area contributed by atoms with Crippen molar-refractivity contribution in [3.05, 3.63) is 23.8 Å². The number of benzene rings is 1. The van der Waals surface area contributed by atoms with Crippen LogP contribution in [0.4, 0.5) is 11.4 Å². The van der Waals surface area contributed by atoms with E-state index in [-0.39, 0.29) is 18.8 Å². The molecule has 1 fully saturated rings. The van der Waals surface area contributed by atoms with Crippen LogP contribution in [0.3, 0.4) is 0 Å². The van der Waals surface area contributed by atoms with Crippen LogP contribution in [0.15, 0.2) is 18.2 Å². The van der Waals surface area contributed by atoms with Gasteiger partial charge in [-0.2, -0.15) is 0 Å². The number of aliphatic hydroxyl groups is 1. The predicted octanol–water partition coefficient (Wildman–Crippen LogP) is 0.641. The third kappa shape index (κ3) is 2.86. The minimum Gasteiger partial charge on any atom is -0.465 e. The summed E-state index contributed by atoms with van der Waals surface area (Å²) in [6, 6.07) is 5.26. The fourth-order valence-corrected chi connectivity index (χ4v) is 2.34. The van der Waals surface area contributed by atoms with E-state index in [1.165, 1.54) is 7.11 Å². The van der Waals surface area contributed by atoms with Crippen LogP contribution in [0.2, 0.25) is 0 Å². The molecule has 2 atom stereocenters. The second-order valence-electron chi connectivity index (χ2n) is 4.91. The maximum atomic E-state index is 11.9. The van der Waals surface area contributed by atoms with E-state index in [0.29, 0.717) is 24.4 Å². The van der Waals surface area contributed by atoms with Crippen molar-refractivity contribution < 1.29 is 19.4 Å². The topological polar surface area (TPSA) is 85.0 Å². The van der Waals surface area contributed by atoms with Gasteiger partial charge in [-0.25, -0.2) is 4.79 Å². The third-order valence-corrected chi connectivity index (χ3v) is 3.44. The summed E-state index contributed by atoms with van der Waals surface area (Å²) in [5, 5.41) is 9.25. The Labute approximate surface area is 118 Å². The molecule has 0 bridgehead atoms. The summed E-state index contributed by atoms with van der Waals surface area (Å²) in [6.45, 7) is 2.97. The number of nitrogens with two attached hydrogens (primary N) is 1. The Kier molecular flexibility index (Phi) is 4.46. The summed E-state index contributed by atoms with van der Waals surface area (Å²) in [5.41, 5.74) is 7.43. The molecule has 3 N–H and O–H groups in total. The summed E-state index contributed by atoms with van der Waals surface area (Å²) in [5.74, 6) is -0.424. The molecular formula is C14H20N2O4. The summed E-state index contributed by atoms with van der Waals surface area (Å²) in [6.07, 6.45) is -0.255. The molecule has 0 aromatic heterocycles. The first-order valence-corrected chi connectivity index (χ1v) is 6.53. The Balaban J connectivity index is 2.37. The number of carbonyl (C=O) groups excluding carboxylic acids is 1. The summed E-state index contributed by atoms with van der Waals surface area (Å²) in [4.78, 5) is 13.9. The first kappa shape index (κ1) is 14.6. The van der Waals surface area contributed by atoms with Gasteiger partial charge >= 0.3 is 5.97 Å². The third-order valence-electron chi connectivity index (χ3n) is 3.44. The van der Waals surface area contributed by atoms with Gasteiger partial charge in [0.2, 0.25) is 0 Å². The molecular weight excluding hydrogens is 260 g/mol. The minimum atomic E-state index is -0.424. The average molecular weight is 280 g/mol. The fourth-order valence-electron chi connectivity index (χ4n) is 2.34. The summed E-state index contributed by atoms with van der Waals surface area (Å²) in [7, 11) is 1.34. The average Bonchev–Trinajstić information content (AvgIpc) is 2.47. The van der Waals surface area contributed by atoms with Crippen LogP contribution in [0, 0.1) is 0 Å². The lowest BCUT2D eigenvalue weighted by molar-refractivity contribution is -0.0104. The van der Waals surface area contributed by atoms with E-state index in [4.69, 9.17) is 15.2 Å². The second kappa shape index (κ2) is 6.11. The van der Waals surface area contributed by atoms with Gasteiger partial charge in [0.05, 0.1) is 37.7 Å². The van der Waals surface area contributed by atoms with Gasteiger partial charge in [0, 0.05) is 18.3 Å². The number of ether oxygens (including phenoxy) is 2. The Morgan fingerprint density at radius 2 is 2.35 bits per heavy atom. The molecule has 2 rings (SSSR count). The number of nitrogens with zero attached hydrogens (tertiary/aromatic N) is 1. The van der Waals surface area contributed by atoms with Crippen molar-refractivity contribution >= 4 is 17.3 Å². The molecule has 0 amide bonds. The van der Waals surface area contributed by atoms with Gasteiger partial charge < -0.3 is 25.2 Å². The monoisotopic (exact) mass is 280 g/mol. The number of carbonyl (C=O) groups is 1. The van der Waals surface area contributed by atoms with E-state index in [9.17, 15) is 9.90 Å². The lowest BCUT2D eigenvalue weighted by Crippen LogP contribution is -2.50. The number of hydrogen-bond donors (Lipinski definition) is 2. The van der Waals surface area contributed by atoms with Crippen molar-refractivity contribution in [3.63, 3.8) is 0 Å². The van der Waals surface area contributed by atoms with Crippen molar-refractivity contribution in [2.75, 3.05) is 37.5 Å². The highest BCUT2D eigenvalue weighted by molar-refractivity contribution is 5.97. The minimum absolute atomic E-state index is 0.0499. The molecule has 0 spiro atoms. The number of methoxy groups -OCH3 is 1. The number of aliphatic hydroxyl groups excluding tert-OH is 1. The smallest absolute Gasteiger partial charge is 0.340 e. The standard InChI is InChI=1S/C14H20N2O4/c1-9-8-20-11(7-17)6-16(9)13-4-3-10(15)5-12(13)14(18)19-2/h3-5,9,11,17H,6-8,15H2,1-2H3. The van der Waals surface area contributed by atoms with Gasteiger partial charge in [-0.3, -0.25) is 0 Å². The zero-order valence-electron chi connectivity index (χ0n) is 11.7. The molecule has 20 heavy (non-hydrogen) atoms. The SMILES string of the molecule is COC(=O)c1cc(N)ccc1N1CC(CO)OCC1C. The van der Waals surface area contributed by atoms with Gasteiger partial charge in [0.15, 0.2) is 0 Å². The Morgan fingerprint density at radius 1 is 1.60 bits per heavy atom.